The fourth-order valence-corrected chi connectivity index (χ4v) is 3.86. The van der Waals surface area contributed by atoms with Gasteiger partial charge in [0, 0.05) is 25.2 Å². The number of alkyl halides is 5. The molecule has 1 aromatic carbocycles. The molecule has 31 heavy (non-hydrogen) atoms. The lowest BCUT2D eigenvalue weighted by molar-refractivity contribution is -0.137. The van der Waals surface area contributed by atoms with Gasteiger partial charge in [-0.15, -0.1) is 10.2 Å². The molecule has 2 aromatic heterocycles. The molecule has 3 heterocycles. The molecule has 1 fully saturated rings. The highest BCUT2D eigenvalue weighted by atomic mass is 19.4. The van der Waals surface area contributed by atoms with E-state index in [2.05, 4.69) is 14.9 Å². The van der Waals surface area contributed by atoms with Crippen molar-refractivity contribution in [2.24, 2.45) is 0 Å². The summed E-state index contributed by atoms with van der Waals surface area (Å²) in [6, 6.07) is 6.06. The number of aromatic nitrogens is 3. The number of hydrogen-bond acceptors (Lipinski definition) is 4. The summed E-state index contributed by atoms with van der Waals surface area (Å²) in [5.74, 6) is -1.11. The number of fused-ring (bicyclic) bond motifs is 1. The van der Waals surface area contributed by atoms with Gasteiger partial charge in [-0.25, -0.2) is 4.39 Å². The lowest BCUT2D eigenvalue weighted by Crippen LogP contribution is -2.34. The molecular weight excluding hydrogens is 426 g/mol. The lowest BCUT2D eigenvalue weighted by atomic mass is 9.96. The van der Waals surface area contributed by atoms with Gasteiger partial charge in [-0.1, -0.05) is 6.07 Å². The molecule has 1 atom stereocenters. The summed E-state index contributed by atoms with van der Waals surface area (Å²) in [5.41, 5.74) is 0.123. The molecule has 166 valence electrons. The fraction of sp³-hybridized carbons (Fsp3) is 0.400. The second kappa shape index (κ2) is 8.37. The highest BCUT2D eigenvalue weighted by Crippen LogP contribution is 2.32. The second-order valence-electron chi connectivity index (χ2n) is 7.42. The Kier molecular flexibility index (Phi) is 5.78. The van der Waals surface area contributed by atoms with E-state index in [4.69, 9.17) is 0 Å². The first-order valence-corrected chi connectivity index (χ1v) is 9.58. The minimum absolute atomic E-state index is 0.154. The summed E-state index contributed by atoms with van der Waals surface area (Å²) < 4.78 is 83.3. The molecule has 11 heteroatoms. The summed E-state index contributed by atoms with van der Waals surface area (Å²) in [6.07, 6.45) is -1.98. The predicted molar refractivity (Wildman–Crippen MR) is 98.3 cm³/mol. The molecule has 3 aromatic rings. The number of piperidine rings is 1. The van der Waals surface area contributed by atoms with E-state index in [1.165, 1.54) is 16.5 Å². The van der Waals surface area contributed by atoms with E-state index in [9.17, 15) is 26.3 Å². The van der Waals surface area contributed by atoms with Gasteiger partial charge in [0.1, 0.15) is 5.82 Å². The number of pyridine rings is 1. The number of ether oxygens (including phenoxy) is 1. The number of likely N-dealkylation sites (tertiary alicyclic amines) is 1. The molecule has 0 N–H and O–H groups in total. The van der Waals surface area contributed by atoms with Crippen molar-refractivity contribution in [3.8, 4) is 5.75 Å². The molecule has 1 aliphatic rings. The molecule has 0 aliphatic carbocycles. The largest absolute Gasteiger partial charge is 0.432 e. The van der Waals surface area contributed by atoms with Crippen LogP contribution in [0.2, 0.25) is 0 Å². The number of rotatable bonds is 5. The molecule has 0 amide bonds. The Hall–Kier alpha value is -2.82. The maximum absolute atomic E-state index is 14.0. The van der Waals surface area contributed by atoms with Crippen LogP contribution in [-0.2, 0) is 12.7 Å². The third-order valence-electron chi connectivity index (χ3n) is 5.25. The molecule has 0 saturated carbocycles. The van der Waals surface area contributed by atoms with Crippen LogP contribution in [0.1, 0.15) is 35.7 Å². The molecule has 4 rings (SSSR count). The van der Waals surface area contributed by atoms with Crippen molar-refractivity contribution in [1.29, 1.82) is 0 Å². The summed E-state index contributed by atoms with van der Waals surface area (Å²) in [5, 5.41) is 8.08. The zero-order valence-electron chi connectivity index (χ0n) is 16.1. The molecule has 1 unspecified atom stereocenters. The number of nitrogens with zero attached hydrogens (tertiary/aromatic N) is 4. The van der Waals surface area contributed by atoms with Gasteiger partial charge in [0.25, 0.3) is 0 Å². The van der Waals surface area contributed by atoms with Crippen molar-refractivity contribution in [3.63, 3.8) is 0 Å². The van der Waals surface area contributed by atoms with Crippen LogP contribution in [0.15, 0.2) is 36.5 Å². The number of halogens is 6. The van der Waals surface area contributed by atoms with Crippen molar-refractivity contribution in [2.75, 3.05) is 13.1 Å². The van der Waals surface area contributed by atoms with Crippen molar-refractivity contribution in [1.82, 2.24) is 19.5 Å². The highest BCUT2D eigenvalue weighted by molar-refractivity contribution is 5.40. The van der Waals surface area contributed by atoms with Crippen LogP contribution >= 0.6 is 0 Å². The molecule has 0 spiro atoms. The van der Waals surface area contributed by atoms with Crippen LogP contribution in [0, 0.1) is 5.82 Å². The average molecular weight is 444 g/mol. The van der Waals surface area contributed by atoms with Crippen molar-refractivity contribution in [3.05, 3.63) is 59.3 Å². The van der Waals surface area contributed by atoms with Gasteiger partial charge in [0.05, 0.1) is 5.56 Å². The molecule has 1 saturated heterocycles. The van der Waals surface area contributed by atoms with Crippen LogP contribution in [0.4, 0.5) is 26.3 Å². The van der Waals surface area contributed by atoms with Gasteiger partial charge in [0.15, 0.2) is 17.2 Å². The Morgan fingerprint density at radius 1 is 1.13 bits per heavy atom. The first kappa shape index (κ1) is 21.4. The number of hydrogen-bond donors (Lipinski definition) is 0. The lowest BCUT2D eigenvalue weighted by Gasteiger charge is -2.32. The minimum atomic E-state index is -4.47. The monoisotopic (exact) mass is 444 g/mol. The van der Waals surface area contributed by atoms with Crippen molar-refractivity contribution >= 4 is 5.65 Å². The maximum Gasteiger partial charge on any atom is 0.417 e. The average Bonchev–Trinajstić information content (AvgIpc) is 3.13. The van der Waals surface area contributed by atoms with E-state index >= 15 is 0 Å². The molecule has 1 aliphatic heterocycles. The summed E-state index contributed by atoms with van der Waals surface area (Å²) in [4.78, 5) is 2.02. The van der Waals surface area contributed by atoms with E-state index in [1.807, 2.05) is 4.90 Å². The Balaban J connectivity index is 1.51. The Morgan fingerprint density at radius 3 is 2.65 bits per heavy atom. The minimum Gasteiger partial charge on any atom is -0.432 e. The summed E-state index contributed by atoms with van der Waals surface area (Å²) in [7, 11) is 0. The van der Waals surface area contributed by atoms with Crippen molar-refractivity contribution < 1.29 is 31.1 Å². The molecule has 0 bridgehead atoms. The van der Waals surface area contributed by atoms with Crippen LogP contribution < -0.4 is 4.74 Å². The van der Waals surface area contributed by atoms with E-state index in [0.29, 0.717) is 36.7 Å². The van der Waals surface area contributed by atoms with Gasteiger partial charge in [-0.2, -0.15) is 22.0 Å². The summed E-state index contributed by atoms with van der Waals surface area (Å²) in [6.45, 7) is -1.56. The standard InChI is InChI=1S/C20H18F6N4O/c21-15-8-12(3-5-16(15)31-19(22)23)9-29-7-1-2-13(10-29)18-28-27-17-6-4-14(11-30(17)18)20(24,25)26/h3-6,8,11,13,19H,1-2,7,9-10H2. The van der Waals surface area contributed by atoms with Crippen molar-refractivity contribution in [2.45, 2.75) is 38.1 Å². The quantitative estimate of drug-likeness (QED) is 0.527. The highest BCUT2D eigenvalue weighted by Gasteiger charge is 2.32. The smallest absolute Gasteiger partial charge is 0.417 e. The zero-order chi connectivity index (χ0) is 22.2. The maximum atomic E-state index is 14.0. The molecule has 0 radical (unpaired) electrons. The first-order chi connectivity index (χ1) is 14.7. The van der Waals surface area contributed by atoms with Gasteiger partial charge in [-0.05, 0) is 49.2 Å². The Bertz CT molecular complexity index is 1070. The van der Waals surface area contributed by atoms with Gasteiger partial charge >= 0.3 is 12.8 Å². The van der Waals surface area contributed by atoms with Gasteiger partial charge in [-0.3, -0.25) is 9.30 Å². The Morgan fingerprint density at radius 2 is 1.94 bits per heavy atom. The Labute approximate surface area is 173 Å². The second-order valence-corrected chi connectivity index (χ2v) is 7.42. The van der Waals surface area contributed by atoms with Gasteiger partial charge in [0.2, 0.25) is 0 Å². The van der Waals surface area contributed by atoms with E-state index in [0.717, 1.165) is 37.2 Å². The van der Waals surface area contributed by atoms with Crippen LogP contribution in [0.5, 0.6) is 5.75 Å². The number of benzene rings is 1. The fourth-order valence-electron chi connectivity index (χ4n) is 3.86. The van der Waals surface area contributed by atoms with Crippen LogP contribution in [0.3, 0.4) is 0 Å². The predicted octanol–water partition coefficient (Wildman–Crippen LogP) is 4.87. The summed E-state index contributed by atoms with van der Waals surface area (Å²) >= 11 is 0. The van der Waals surface area contributed by atoms with Gasteiger partial charge < -0.3 is 4.74 Å². The molecular formula is C20H18F6N4O. The first-order valence-electron chi connectivity index (χ1n) is 9.58. The molecule has 5 nitrogen and oxygen atoms in total. The third-order valence-corrected chi connectivity index (χ3v) is 5.25. The van der Waals surface area contributed by atoms with E-state index in [1.54, 1.807) is 0 Å². The zero-order valence-corrected chi connectivity index (χ0v) is 16.1. The SMILES string of the molecule is Fc1cc(CN2CCCC(c3nnc4ccc(C(F)(F)F)cn34)C2)ccc1OC(F)F. The van der Waals surface area contributed by atoms with E-state index < -0.39 is 29.9 Å². The topological polar surface area (TPSA) is 42.7 Å². The normalized spacial score (nSPS) is 18.1. The third kappa shape index (κ3) is 4.76. The van der Waals surface area contributed by atoms with Crippen LogP contribution in [0.25, 0.3) is 5.65 Å². The van der Waals surface area contributed by atoms with Crippen LogP contribution in [-0.4, -0.2) is 39.2 Å². The van der Waals surface area contributed by atoms with E-state index in [-0.39, 0.29) is 5.92 Å².